The van der Waals surface area contributed by atoms with E-state index in [2.05, 4.69) is 24.4 Å². The van der Waals surface area contributed by atoms with E-state index >= 15 is 0 Å². The zero-order valence-electron chi connectivity index (χ0n) is 9.93. The lowest BCUT2D eigenvalue weighted by atomic mass is 10.0. The van der Waals surface area contributed by atoms with E-state index in [0.717, 1.165) is 12.1 Å². The number of anilines is 1. The average Bonchev–Trinajstić information content (AvgIpc) is 2.38. The summed E-state index contributed by atoms with van der Waals surface area (Å²) in [6, 6.07) is 17.8. The van der Waals surface area contributed by atoms with Gasteiger partial charge in [-0.25, -0.2) is 0 Å². The van der Waals surface area contributed by atoms with Crippen molar-refractivity contribution in [3.63, 3.8) is 0 Å². The molecule has 88 valence electrons. The maximum absolute atomic E-state index is 9.28. The molecule has 0 aromatic heterocycles. The van der Waals surface area contributed by atoms with Crippen molar-refractivity contribution < 1.29 is 5.11 Å². The Morgan fingerprint density at radius 2 is 1.65 bits per heavy atom. The zero-order valence-corrected chi connectivity index (χ0v) is 9.93. The number of hydrogen-bond acceptors (Lipinski definition) is 2. The average molecular weight is 227 g/mol. The molecule has 0 amide bonds. The van der Waals surface area contributed by atoms with Gasteiger partial charge in [-0.1, -0.05) is 37.3 Å². The van der Waals surface area contributed by atoms with Crippen LogP contribution in [0.1, 0.15) is 24.9 Å². The molecule has 0 saturated heterocycles. The highest BCUT2D eigenvalue weighted by molar-refractivity contribution is 5.45. The van der Waals surface area contributed by atoms with Gasteiger partial charge in [0, 0.05) is 5.69 Å². The van der Waals surface area contributed by atoms with E-state index in [0.29, 0.717) is 5.75 Å². The first-order chi connectivity index (χ1) is 8.29. The summed E-state index contributed by atoms with van der Waals surface area (Å²) in [5, 5.41) is 12.8. The Morgan fingerprint density at radius 3 is 2.24 bits per heavy atom. The lowest BCUT2D eigenvalue weighted by Crippen LogP contribution is -2.09. The minimum Gasteiger partial charge on any atom is -0.508 e. The van der Waals surface area contributed by atoms with Crippen LogP contribution >= 0.6 is 0 Å². The van der Waals surface area contributed by atoms with Gasteiger partial charge in [-0.15, -0.1) is 0 Å². The minimum atomic E-state index is 0.276. The Bertz CT molecular complexity index is 450. The summed E-state index contributed by atoms with van der Waals surface area (Å²) >= 11 is 0. The lowest BCUT2D eigenvalue weighted by molar-refractivity contribution is 0.475. The van der Waals surface area contributed by atoms with Crippen molar-refractivity contribution >= 4 is 5.69 Å². The van der Waals surface area contributed by atoms with Crippen molar-refractivity contribution in [3.8, 4) is 5.75 Å². The molecule has 1 unspecified atom stereocenters. The second-order valence-electron chi connectivity index (χ2n) is 4.06. The van der Waals surface area contributed by atoms with Gasteiger partial charge >= 0.3 is 0 Å². The van der Waals surface area contributed by atoms with Crippen LogP contribution in [-0.4, -0.2) is 5.11 Å². The second-order valence-corrected chi connectivity index (χ2v) is 4.06. The summed E-state index contributed by atoms with van der Waals surface area (Å²) in [5.74, 6) is 0.309. The van der Waals surface area contributed by atoms with Crippen LogP contribution in [0.5, 0.6) is 5.75 Å². The molecule has 0 radical (unpaired) electrons. The molecule has 17 heavy (non-hydrogen) atoms. The van der Waals surface area contributed by atoms with E-state index in [1.165, 1.54) is 5.56 Å². The molecule has 0 bridgehead atoms. The third kappa shape index (κ3) is 3.00. The van der Waals surface area contributed by atoms with Gasteiger partial charge < -0.3 is 10.4 Å². The van der Waals surface area contributed by atoms with E-state index in [1.54, 1.807) is 12.1 Å². The molecule has 2 rings (SSSR count). The molecule has 0 aliphatic rings. The predicted molar refractivity (Wildman–Crippen MR) is 71.2 cm³/mol. The Hall–Kier alpha value is -1.96. The molecular weight excluding hydrogens is 210 g/mol. The van der Waals surface area contributed by atoms with Gasteiger partial charge in [0.15, 0.2) is 0 Å². The highest BCUT2D eigenvalue weighted by Crippen LogP contribution is 2.23. The number of aromatic hydroxyl groups is 1. The van der Waals surface area contributed by atoms with Crippen molar-refractivity contribution in [2.75, 3.05) is 5.32 Å². The largest absolute Gasteiger partial charge is 0.508 e. The molecule has 0 aliphatic heterocycles. The smallest absolute Gasteiger partial charge is 0.115 e. The fraction of sp³-hybridized carbons (Fsp3) is 0.200. The highest BCUT2D eigenvalue weighted by atomic mass is 16.3. The highest BCUT2D eigenvalue weighted by Gasteiger charge is 2.08. The van der Waals surface area contributed by atoms with Gasteiger partial charge in [0.2, 0.25) is 0 Å². The summed E-state index contributed by atoms with van der Waals surface area (Å²) in [4.78, 5) is 0. The number of rotatable bonds is 4. The van der Waals surface area contributed by atoms with Crippen LogP contribution in [0.3, 0.4) is 0 Å². The monoisotopic (exact) mass is 227 g/mol. The first-order valence-corrected chi connectivity index (χ1v) is 5.90. The van der Waals surface area contributed by atoms with Crippen LogP contribution in [0.25, 0.3) is 0 Å². The van der Waals surface area contributed by atoms with Crippen LogP contribution in [-0.2, 0) is 0 Å². The Morgan fingerprint density at radius 1 is 1.00 bits per heavy atom. The van der Waals surface area contributed by atoms with Crippen LogP contribution in [0, 0.1) is 0 Å². The molecule has 2 aromatic carbocycles. The quantitative estimate of drug-likeness (QED) is 0.828. The Kier molecular flexibility index (Phi) is 3.66. The zero-order chi connectivity index (χ0) is 12.1. The molecule has 2 aromatic rings. The predicted octanol–water partition coefficient (Wildman–Crippen LogP) is 3.96. The van der Waals surface area contributed by atoms with Crippen molar-refractivity contribution in [3.05, 3.63) is 60.2 Å². The van der Waals surface area contributed by atoms with Gasteiger partial charge in [-0.05, 0) is 36.2 Å². The summed E-state index contributed by atoms with van der Waals surface area (Å²) in [6.07, 6.45) is 1.000. The summed E-state index contributed by atoms with van der Waals surface area (Å²) < 4.78 is 0. The molecule has 0 heterocycles. The number of para-hydroxylation sites is 1. The van der Waals surface area contributed by atoms with Crippen molar-refractivity contribution in [1.29, 1.82) is 0 Å². The van der Waals surface area contributed by atoms with E-state index < -0.39 is 0 Å². The fourth-order valence-electron chi connectivity index (χ4n) is 1.86. The summed E-state index contributed by atoms with van der Waals surface area (Å²) in [6.45, 7) is 2.15. The molecule has 0 aliphatic carbocycles. The van der Waals surface area contributed by atoms with Crippen LogP contribution in [0.4, 0.5) is 5.69 Å². The fourth-order valence-corrected chi connectivity index (χ4v) is 1.86. The molecule has 2 N–H and O–H groups in total. The number of phenols is 1. The maximum Gasteiger partial charge on any atom is 0.115 e. The van der Waals surface area contributed by atoms with E-state index in [-0.39, 0.29) is 6.04 Å². The first-order valence-electron chi connectivity index (χ1n) is 5.90. The molecular formula is C15H17NO. The SMILES string of the molecule is CCC(Nc1ccccc1)c1ccc(O)cc1. The van der Waals surface area contributed by atoms with Crippen molar-refractivity contribution in [1.82, 2.24) is 0 Å². The topological polar surface area (TPSA) is 32.3 Å². The number of phenolic OH excluding ortho intramolecular Hbond substituents is 1. The molecule has 0 fully saturated rings. The van der Waals surface area contributed by atoms with Gasteiger partial charge in [-0.3, -0.25) is 0 Å². The number of nitrogens with one attached hydrogen (secondary N) is 1. The van der Waals surface area contributed by atoms with Crippen LogP contribution in [0.2, 0.25) is 0 Å². The molecule has 1 atom stereocenters. The summed E-state index contributed by atoms with van der Waals surface area (Å²) in [7, 11) is 0. The van der Waals surface area contributed by atoms with Gasteiger partial charge in [0.25, 0.3) is 0 Å². The van der Waals surface area contributed by atoms with Crippen molar-refractivity contribution in [2.45, 2.75) is 19.4 Å². The number of hydrogen-bond donors (Lipinski definition) is 2. The van der Waals surface area contributed by atoms with Gasteiger partial charge in [0.05, 0.1) is 6.04 Å². The maximum atomic E-state index is 9.28. The Balaban J connectivity index is 2.14. The second kappa shape index (κ2) is 5.39. The van der Waals surface area contributed by atoms with Crippen molar-refractivity contribution in [2.24, 2.45) is 0 Å². The molecule has 2 nitrogen and oxygen atoms in total. The first kappa shape index (κ1) is 11.5. The molecule has 0 spiro atoms. The molecule has 0 saturated carbocycles. The van der Waals surface area contributed by atoms with Crippen LogP contribution in [0.15, 0.2) is 54.6 Å². The third-order valence-corrected chi connectivity index (χ3v) is 2.82. The normalized spacial score (nSPS) is 12.1. The number of benzene rings is 2. The third-order valence-electron chi connectivity index (χ3n) is 2.82. The van der Waals surface area contributed by atoms with E-state index in [9.17, 15) is 5.11 Å². The Labute approximate surface area is 102 Å². The van der Waals surface area contributed by atoms with Crippen LogP contribution < -0.4 is 5.32 Å². The lowest BCUT2D eigenvalue weighted by Gasteiger charge is -2.18. The van der Waals surface area contributed by atoms with E-state index in [4.69, 9.17) is 0 Å². The molecule has 2 heteroatoms. The van der Waals surface area contributed by atoms with Gasteiger partial charge in [0.1, 0.15) is 5.75 Å². The standard InChI is InChI=1S/C15H17NO/c1-2-15(12-8-10-14(17)11-9-12)16-13-6-4-3-5-7-13/h3-11,15-17H,2H2,1H3. The van der Waals surface area contributed by atoms with E-state index in [1.807, 2.05) is 30.3 Å². The summed E-state index contributed by atoms with van der Waals surface area (Å²) in [5.41, 5.74) is 2.31. The van der Waals surface area contributed by atoms with Gasteiger partial charge in [-0.2, -0.15) is 0 Å². The minimum absolute atomic E-state index is 0.276.